The van der Waals surface area contributed by atoms with Crippen LogP contribution in [0.5, 0.6) is 0 Å². The fraction of sp³-hybridized carbons (Fsp3) is 0.688. The van der Waals surface area contributed by atoms with Gasteiger partial charge in [0.1, 0.15) is 25.4 Å². The van der Waals surface area contributed by atoms with E-state index in [-0.39, 0.29) is 19.3 Å². The molecule has 0 aliphatic carbocycles. The van der Waals surface area contributed by atoms with E-state index in [1.54, 1.807) is 0 Å². The highest BCUT2D eigenvalue weighted by Gasteiger charge is 2.29. The van der Waals surface area contributed by atoms with E-state index in [4.69, 9.17) is 32.3 Å². The van der Waals surface area contributed by atoms with Crippen LogP contribution in [0.2, 0.25) is 0 Å². The number of ether oxygens (including phenoxy) is 3. The number of carbonyl (C=O) groups excluding carboxylic acids is 3. The zero-order valence-corrected chi connectivity index (χ0v) is 71.6. The van der Waals surface area contributed by atoms with Gasteiger partial charge in [-0.3, -0.25) is 32.5 Å². The molecule has 636 valence electrons. The highest BCUT2D eigenvalue weighted by molar-refractivity contribution is 7.47. The van der Waals surface area contributed by atoms with E-state index in [1.807, 2.05) is 12.2 Å². The number of rotatable bonds is 82. The number of hydrogen-bond donors (Lipinski definition) is 4. The van der Waals surface area contributed by atoms with Crippen LogP contribution in [-0.2, 0) is 55.8 Å². The molecule has 0 fully saturated rings. The SMILES string of the molecule is CC/C=C\C/C=C\C/C=C\C/C=C\C/C=C\CCCC(=O)OC(COC(=O)CCCCCCCCC/C=C\C/C=C\C/C=C\C/C=C\CCCCC)COP(=O)(O)OCC(O)COP(=O)(O)OCC(O)COC(=O)CCCCCCCCCCCCCCCCCCCCC/C=C\C/C=C\C/C=C\C/C=C\CCCCC. The van der Waals surface area contributed by atoms with Gasteiger partial charge in [0.25, 0.3) is 0 Å². The van der Waals surface area contributed by atoms with E-state index in [9.17, 15) is 43.5 Å². The molecule has 0 spiro atoms. The van der Waals surface area contributed by atoms with E-state index >= 15 is 0 Å². The summed E-state index contributed by atoms with van der Waals surface area (Å²) in [6.45, 7) is 2.45. The van der Waals surface area contributed by atoms with Crippen LogP contribution in [0.1, 0.15) is 355 Å². The molecule has 0 heterocycles. The smallest absolute Gasteiger partial charge is 0.463 e. The summed E-state index contributed by atoms with van der Waals surface area (Å²) in [6, 6.07) is 0. The molecular weight excluding hydrogens is 1430 g/mol. The standard InChI is InChI=1S/C93H158O16P2/c1-4-7-10-13-16-19-22-25-28-31-33-35-37-38-39-40-41-42-43-44-45-46-47-48-50-52-53-56-58-61-64-67-70-73-76-79-91(96)103-82-88(94)83-105-110(99,100)106-84-89(95)85-107-111(101,102)108-87-90(109-93(98)81-78-75-72-69-66-63-60-55-30-27-24-21-18-15-12-9-6-3)86-104-92(97)80-77-74-71-68-65-62-59-57-54-51-49-36-34-32-29-26-23-20-17-14-11-8-5-2/h9,12,16-21,25-30,33-36,38-39,51,54,60,63,69,72,88-90,94-95H,4-8,10-11,13-15,22-24,31-32,37,40-50,52-53,55-59,61-62,64-68,70-71,73-87H2,1-3H3,(H,99,100)(H,101,102)/b12-9-,19-16-,20-17-,21-18-,28-25-,29-26-,30-27-,35-33-,36-34-,39-38-,54-51-,63-60-,72-69-. The van der Waals surface area contributed by atoms with Crippen molar-refractivity contribution in [1.29, 1.82) is 0 Å². The van der Waals surface area contributed by atoms with Crippen LogP contribution in [0.15, 0.2) is 158 Å². The summed E-state index contributed by atoms with van der Waals surface area (Å²) in [5.74, 6) is -1.65. The molecule has 0 radical (unpaired) electrons. The number of aliphatic hydroxyl groups excluding tert-OH is 2. The van der Waals surface area contributed by atoms with Gasteiger partial charge in [0.05, 0.1) is 26.4 Å². The topological polar surface area (TPSA) is 231 Å². The van der Waals surface area contributed by atoms with E-state index < -0.39 is 91.5 Å². The Morgan fingerprint density at radius 2 is 0.486 bits per heavy atom. The fourth-order valence-corrected chi connectivity index (χ4v) is 13.2. The minimum atomic E-state index is -4.96. The third-order valence-electron chi connectivity index (χ3n) is 18.2. The minimum Gasteiger partial charge on any atom is -0.463 e. The molecule has 5 unspecified atom stereocenters. The van der Waals surface area contributed by atoms with Gasteiger partial charge in [0.15, 0.2) is 6.10 Å². The molecule has 0 saturated heterocycles. The van der Waals surface area contributed by atoms with Crippen molar-refractivity contribution in [1.82, 2.24) is 0 Å². The molecule has 111 heavy (non-hydrogen) atoms. The number of unbranched alkanes of at least 4 members (excludes halogenated alkanes) is 33. The second kappa shape index (κ2) is 84.6. The molecular formula is C93H158O16P2. The third kappa shape index (κ3) is 85.9. The van der Waals surface area contributed by atoms with Crippen molar-refractivity contribution in [2.45, 2.75) is 373 Å². The summed E-state index contributed by atoms with van der Waals surface area (Å²) in [7, 11) is -9.83. The summed E-state index contributed by atoms with van der Waals surface area (Å²) in [5, 5.41) is 20.7. The number of esters is 3. The van der Waals surface area contributed by atoms with Crippen molar-refractivity contribution in [3.05, 3.63) is 158 Å². The number of allylic oxidation sites excluding steroid dienone is 26. The number of phosphoric ester groups is 2. The Kier molecular flexibility index (Phi) is 80.9. The Morgan fingerprint density at radius 1 is 0.261 bits per heavy atom. The van der Waals surface area contributed by atoms with Crippen molar-refractivity contribution in [3.63, 3.8) is 0 Å². The van der Waals surface area contributed by atoms with E-state index in [2.05, 4.69) is 167 Å². The van der Waals surface area contributed by atoms with Crippen LogP contribution in [0.3, 0.4) is 0 Å². The number of hydrogen-bond acceptors (Lipinski definition) is 14. The van der Waals surface area contributed by atoms with Crippen molar-refractivity contribution in [3.8, 4) is 0 Å². The lowest BCUT2D eigenvalue weighted by atomic mass is 10.0. The Balaban J connectivity index is 4.50. The van der Waals surface area contributed by atoms with Gasteiger partial charge in [0, 0.05) is 19.3 Å². The average Bonchev–Trinajstić information content (AvgIpc) is 0.906. The van der Waals surface area contributed by atoms with Gasteiger partial charge >= 0.3 is 33.6 Å². The molecule has 0 aliphatic heterocycles. The highest BCUT2D eigenvalue weighted by atomic mass is 31.2. The molecule has 0 bridgehead atoms. The number of carbonyl (C=O) groups is 3. The Bertz CT molecular complexity index is 2650. The van der Waals surface area contributed by atoms with Crippen molar-refractivity contribution in [2.24, 2.45) is 0 Å². The first-order chi connectivity index (χ1) is 54.2. The van der Waals surface area contributed by atoms with Gasteiger partial charge in [-0.15, -0.1) is 0 Å². The molecule has 18 heteroatoms. The molecule has 0 aromatic rings. The molecule has 5 atom stereocenters. The maximum Gasteiger partial charge on any atom is 0.472 e. The lowest BCUT2D eigenvalue weighted by Crippen LogP contribution is -2.30. The summed E-state index contributed by atoms with van der Waals surface area (Å²) in [6.07, 6.45) is 107. The first-order valence-corrected chi connectivity index (χ1v) is 46.8. The molecule has 4 N–H and O–H groups in total. The minimum absolute atomic E-state index is 0.0194. The first-order valence-electron chi connectivity index (χ1n) is 43.8. The Hall–Kier alpha value is -4.83. The van der Waals surface area contributed by atoms with Crippen molar-refractivity contribution < 1.29 is 75.8 Å². The number of aliphatic hydroxyl groups is 2. The summed E-state index contributed by atoms with van der Waals surface area (Å²) in [4.78, 5) is 58.8. The van der Waals surface area contributed by atoms with Crippen LogP contribution in [0.4, 0.5) is 0 Å². The largest absolute Gasteiger partial charge is 0.472 e. The Labute approximate surface area is 676 Å². The van der Waals surface area contributed by atoms with Crippen molar-refractivity contribution in [2.75, 3.05) is 39.6 Å². The van der Waals surface area contributed by atoms with Gasteiger partial charge in [-0.05, 0) is 148 Å². The van der Waals surface area contributed by atoms with Crippen LogP contribution < -0.4 is 0 Å². The third-order valence-corrected chi connectivity index (χ3v) is 20.1. The number of phosphoric acid groups is 2. The maximum absolute atomic E-state index is 13.0. The van der Waals surface area contributed by atoms with E-state index in [0.717, 1.165) is 135 Å². The zero-order chi connectivity index (χ0) is 80.8. The summed E-state index contributed by atoms with van der Waals surface area (Å²) < 4.78 is 61.2. The second-order valence-corrected chi connectivity index (χ2v) is 31.9. The maximum atomic E-state index is 13.0. The first kappa shape index (κ1) is 106. The summed E-state index contributed by atoms with van der Waals surface area (Å²) in [5.41, 5.74) is 0. The van der Waals surface area contributed by atoms with E-state index in [0.29, 0.717) is 25.7 Å². The molecule has 0 saturated carbocycles. The molecule has 0 aromatic heterocycles. The van der Waals surface area contributed by atoms with Crippen molar-refractivity contribution >= 4 is 33.6 Å². The van der Waals surface area contributed by atoms with Crippen LogP contribution in [0, 0.1) is 0 Å². The highest BCUT2D eigenvalue weighted by Crippen LogP contribution is 2.45. The van der Waals surface area contributed by atoms with Gasteiger partial charge in [-0.25, -0.2) is 9.13 Å². The molecule has 0 aliphatic rings. The molecule has 0 rings (SSSR count). The molecule has 16 nitrogen and oxygen atoms in total. The van der Waals surface area contributed by atoms with E-state index in [1.165, 1.54) is 154 Å². The van der Waals surface area contributed by atoms with Gasteiger partial charge < -0.3 is 34.2 Å². The van der Waals surface area contributed by atoms with Gasteiger partial charge in [0.2, 0.25) is 0 Å². The summed E-state index contributed by atoms with van der Waals surface area (Å²) >= 11 is 0. The predicted octanol–water partition coefficient (Wildman–Crippen LogP) is 26.5. The normalized spacial score (nSPS) is 14.6. The quantitative estimate of drug-likeness (QED) is 0.0146. The Morgan fingerprint density at radius 3 is 0.784 bits per heavy atom. The van der Waals surface area contributed by atoms with Crippen LogP contribution in [0.25, 0.3) is 0 Å². The van der Waals surface area contributed by atoms with Crippen LogP contribution >= 0.6 is 15.6 Å². The molecule has 0 aromatic carbocycles. The lowest BCUT2D eigenvalue weighted by molar-refractivity contribution is -0.161. The lowest BCUT2D eigenvalue weighted by Gasteiger charge is -2.21. The predicted molar refractivity (Wildman–Crippen MR) is 463 cm³/mol. The monoisotopic (exact) mass is 1590 g/mol. The van der Waals surface area contributed by atoms with Gasteiger partial charge in [-0.1, -0.05) is 346 Å². The average molecular weight is 1590 g/mol. The van der Waals surface area contributed by atoms with Crippen LogP contribution in [-0.4, -0.2) is 95.9 Å². The molecule has 0 amide bonds. The second-order valence-electron chi connectivity index (χ2n) is 29.0. The fourth-order valence-electron chi connectivity index (χ4n) is 11.6. The zero-order valence-electron chi connectivity index (χ0n) is 69.8. The van der Waals surface area contributed by atoms with Gasteiger partial charge in [-0.2, -0.15) is 0 Å².